The topological polar surface area (TPSA) is 24.1 Å². The van der Waals surface area contributed by atoms with Crippen molar-refractivity contribution in [2.75, 3.05) is 10.6 Å². The summed E-state index contributed by atoms with van der Waals surface area (Å²) >= 11 is 5.51. The van der Waals surface area contributed by atoms with Gasteiger partial charge in [0.05, 0.1) is 0 Å². The lowest BCUT2D eigenvalue weighted by Crippen LogP contribution is -2.21. The second-order valence-corrected chi connectivity index (χ2v) is 5.89. The third-order valence-electron chi connectivity index (χ3n) is 4.09. The highest BCUT2D eigenvalue weighted by molar-refractivity contribution is 7.80. The van der Waals surface area contributed by atoms with Crippen molar-refractivity contribution < 1.29 is 0 Å². The molecule has 2 aromatic rings. The Balaban J connectivity index is 2.21. The molecule has 0 unspecified atom stereocenters. The maximum Gasteiger partial charge on any atom is 0.175 e. The predicted molar refractivity (Wildman–Crippen MR) is 101 cm³/mol. The van der Waals surface area contributed by atoms with E-state index in [0.29, 0.717) is 5.11 Å². The van der Waals surface area contributed by atoms with Crippen molar-refractivity contribution in [1.82, 2.24) is 0 Å². The average molecular weight is 312 g/mol. The van der Waals surface area contributed by atoms with Gasteiger partial charge in [-0.15, -0.1) is 0 Å². The summed E-state index contributed by atoms with van der Waals surface area (Å²) in [6, 6.07) is 12.6. The zero-order chi connectivity index (χ0) is 16.1. The Kier molecular flexibility index (Phi) is 5.56. The number of benzene rings is 2. The Morgan fingerprint density at radius 3 is 2.09 bits per heavy atom. The highest BCUT2D eigenvalue weighted by atomic mass is 32.1. The molecule has 22 heavy (non-hydrogen) atoms. The SMILES string of the molecule is CCc1cccc(CC)c1NC(=S)Nc1cccc(C)c1C. The maximum absolute atomic E-state index is 5.51. The van der Waals surface area contributed by atoms with Crippen molar-refractivity contribution in [1.29, 1.82) is 0 Å². The third-order valence-corrected chi connectivity index (χ3v) is 4.29. The molecule has 2 aromatic carbocycles. The van der Waals surface area contributed by atoms with Crippen LogP contribution in [0.15, 0.2) is 36.4 Å². The van der Waals surface area contributed by atoms with Crippen LogP contribution in [0, 0.1) is 13.8 Å². The molecule has 2 rings (SSSR count). The Bertz CT molecular complexity index is 655. The van der Waals surface area contributed by atoms with Crippen LogP contribution >= 0.6 is 12.2 Å². The number of hydrogen-bond donors (Lipinski definition) is 2. The number of rotatable bonds is 4. The molecule has 0 heterocycles. The van der Waals surface area contributed by atoms with Gasteiger partial charge in [-0.1, -0.05) is 44.2 Å². The molecule has 116 valence electrons. The summed E-state index contributed by atoms with van der Waals surface area (Å²) in [5, 5.41) is 7.36. The van der Waals surface area contributed by atoms with E-state index in [1.807, 2.05) is 6.07 Å². The van der Waals surface area contributed by atoms with Crippen LogP contribution in [-0.4, -0.2) is 5.11 Å². The van der Waals surface area contributed by atoms with E-state index in [9.17, 15) is 0 Å². The smallest absolute Gasteiger partial charge is 0.175 e. The zero-order valence-corrected chi connectivity index (χ0v) is 14.6. The van der Waals surface area contributed by atoms with Gasteiger partial charge in [0.25, 0.3) is 0 Å². The van der Waals surface area contributed by atoms with E-state index in [4.69, 9.17) is 12.2 Å². The van der Waals surface area contributed by atoms with E-state index < -0.39 is 0 Å². The molecule has 3 heteroatoms. The molecule has 0 fully saturated rings. The molecule has 0 radical (unpaired) electrons. The van der Waals surface area contributed by atoms with Crippen LogP contribution in [0.4, 0.5) is 11.4 Å². The minimum Gasteiger partial charge on any atom is -0.332 e. The van der Waals surface area contributed by atoms with Crippen molar-refractivity contribution in [3.8, 4) is 0 Å². The van der Waals surface area contributed by atoms with Gasteiger partial charge in [0.15, 0.2) is 5.11 Å². The molecule has 0 saturated carbocycles. The molecule has 0 bridgehead atoms. The Morgan fingerprint density at radius 1 is 0.909 bits per heavy atom. The van der Waals surface area contributed by atoms with Gasteiger partial charge < -0.3 is 10.6 Å². The van der Waals surface area contributed by atoms with Crippen LogP contribution in [0.3, 0.4) is 0 Å². The molecule has 0 atom stereocenters. The van der Waals surface area contributed by atoms with E-state index >= 15 is 0 Å². The Labute approximate surface area is 139 Å². The highest BCUT2D eigenvalue weighted by Crippen LogP contribution is 2.24. The Morgan fingerprint density at radius 2 is 1.50 bits per heavy atom. The second kappa shape index (κ2) is 7.41. The van der Waals surface area contributed by atoms with Crippen LogP contribution in [0.25, 0.3) is 0 Å². The standard InChI is InChI=1S/C19H24N2S/c1-5-15-10-8-11-16(6-2)18(15)21-19(22)20-17-12-7-9-13(3)14(17)4/h7-12H,5-6H2,1-4H3,(H2,20,21,22). The quantitative estimate of drug-likeness (QED) is 0.755. The lowest BCUT2D eigenvalue weighted by Gasteiger charge is -2.18. The lowest BCUT2D eigenvalue weighted by molar-refractivity contribution is 1.09. The number of anilines is 2. The van der Waals surface area contributed by atoms with Gasteiger partial charge in [-0.2, -0.15) is 0 Å². The molecular formula is C19H24N2S. The fraction of sp³-hybridized carbons (Fsp3) is 0.316. The van der Waals surface area contributed by atoms with E-state index in [1.54, 1.807) is 0 Å². The van der Waals surface area contributed by atoms with Crippen LogP contribution in [-0.2, 0) is 12.8 Å². The first-order valence-corrected chi connectivity index (χ1v) is 8.22. The van der Waals surface area contributed by atoms with Gasteiger partial charge in [0.2, 0.25) is 0 Å². The monoisotopic (exact) mass is 312 g/mol. The number of aryl methyl sites for hydroxylation is 3. The molecule has 0 spiro atoms. The molecule has 0 aliphatic rings. The fourth-order valence-electron chi connectivity index (χ4n) is 2.56. The van der Waals surface area contributed by atoms with Crippen LogP contribution in [0.2, 0.25) is 0 Å². The van der Waals surface area contributed by atoms with E-state index in [1.165, 1.54) is 22.3 Å². The third kappa shape index (κ3) is 3.66. The largest absolute Gasteiger partial charge is 0.332 e. The first kappa shape index (κ1) is 16.5. The summed E-state index contributed by atoms with van der Waals surface area (Å²) in [4.78, 5) is 0. The van der Waals surface area contributed by atoms with Gasteiger partial charge in [-0.25, -0.2) is 0 Å². The van der Waals surface area contributed by atoms with E-state index in [-0.39, 0.29) is 0 Å². The second-order valence-electron chi connectivity index (χ2n) is 5.48. The first-order valence-electron chi connectivity index (χ1n) is 7.81. The van der Waals surface area contributed by atoms with Crippen LogP contribution in [0.1, 0.15) is 36.1 Å². The van der Waals surface area contributed by atoms with Crippen LogP contribution in [0.5, 0.6) is 0 Å². The average Bonchev–Trinajstić information content (AvgIpc) is 2.52. The summed E-state index contributed by atoms with van der Waals surface area (Å²) < 4.78 is 0. The number of para-hydroxylation sites is 1. The summed E-state index contributed by atoms with van der Waals surface area (Å²) in [5.41, 5.74) is 7.29. The van der Waals surface area contributed by atoms with Gasteiger partial charge in [-0.3, -0.25) is 0 Å². The molecular weight excluding hydrogens is 288 g/mol. The molecule has 2 N–H and O–H groups in total. The fourth-order valence-corrected chi connectivity index (χ4v) is 2.77. The minimum atomic E-state index is 0.643. The van der Waals surface area contributed by atoms with Gasteiger partial charge in [0.1, 0.15) is 0 Å². The van der Waals surface area contributed by atoms with Crippen molar-refractivity contribution in [3.63, 3.8) is 0 Å². The highest BCUT2D eigenvalue weighted by Gasteiger charge is 2.09. The summed E-state index contributed by atoms with van der Waals surface area (Å²) in [5.74, 6) is 0. The zero-order valence-electron chi connectivity index (χ0n) is 13.8. The van der Waals surface area contributed by atoms with E-state index in [2.05, 4.69) is 68.7 Å². The minimum absolute atomic E-state index is 0.643. The van der Waals surface area contributed by atoms with Crippen molar-refractivity contribution >= 4 is 28.7 Å². The van der Waals surface area contributed by atoms with Crippen molar-refractivity contribution in [3.05, 3.63) is 58.7 Å². The lowest BCUT2D eigenvalue weighted by atomic mass is 10.0. The predicted octanol–water partition coefficient (Wildman–Crippen LogP) is 5.24. The molecule has 0 aliphatic heterocycles. The van der Waals surface area contributed by atoms with Crippen molar-refractivity contribution in [2.45, 2.75) is 40.5 Å². The Hall–Kier alpha value is -1.87. The van der Waals surface area contributed by atoms with E-state index in [0.717, 1.165) is 24.2 Å². The van der Waals surface area contributed by atoms with Gasteiger partial charge >= 0.3 is 0 Å². The van der Waals surface area contributed by atoms with Crippen LogP contribution < -0.4 is 10.6 Å². The summed E-state index contributed by atoms with van der Waals surface area (Å²) in [6.07, 6.45) is 1.98. The van der Waals surface area contributed by atoms with Gasteiger partial charge in [-0.05, 0) is 67.2 Å². The molecule has 0 aliphatic carbocycles. The summed E-state index contributed by atoms with van der Waals surface area (Å²) in [7, 11) is 0. The first-order chi connectivity index (χ1) is 10.6. The maximum atomic E-state index is 5.51. The number of thiocarbonyl (C=S) groups is 1. The van der Waals surface area contributed by atoms with Crippen molar-refractivity contribution in [2.24, 2.45) is 0 Å². The molecule has 0 amide bonds. The van der Waals surface area contributed by atoms with Gasteiger partial charge in [0, 0.05) is 11.4 Å². The number of nitrogens with one attached hydrogen (secondary N) is 2. The molecule has 0 saturated heterocycles. The summed E-state index contributed by atoms with van der Waals surface area (Å²) in [6.45, 7) is 8.55. The number of hydrogen-bond acceptors (Lipinski definition) is 1. The molecule has 0 aromatic heterocycles. The normalized spacial score (nSPS) is 10.4. The molecule has 2 nitrogen and oxygen atoms in total.